The van der Waals surface area contributed by atoms with E-state index < -0.39 is 0 Å². The highest BCUT2D eigenvalue weighted by Crippen LogP contribution is 2.02. The monoisotopic (exact) mass is 178 g/mol. The molecule has 0 N–H and O–H groups in total. The number of hydrogen-bond acceptors (Lipinski definition) is 3. The molecule has 1 heterocycles. The van der Waals surface area contributed by atoms with Crippen LogP contribution in [0.2, 0.25) is 0 Å². The average molecular weight is 178 g/mol. The molecule has 0 unspecified atom stereocenters. The van der Waals surface area contributed by atoms with E-state index in [4.69, 9.17) is 0 Å². The van der Waals surface area contributed by atoms with Crippen LogP contribution in [0.5, 0.6) is 0 Å². The molecule has 0 aliphatic carbocycles. The molecule has 3 nitrogen and oxygen atoms in total. The van der Waals surface area contributed by atoms with E-state index in [-0.39, 0.29) is 11.7 Å². The Morgan fingerprint density at radius 1 is 1.54 bits per heavy atom. The van der Waals surface area contributed by atoms with Gasteiger partial charge in [-0.3, -0.25) is 4.79 Å². The first-order valence-electron chi connectivity index (χ1n) is 4.41. The number of aromatic nitrogens is 2. The van der Waals surface area contributed by atoms with Gasteiger partial charge in [0.1, 0.15) is 11.6 Å². The molecule has 0 saturated heterocycles. The van der Waals surface area contributed by atoms with E-state index in [0.29, 0.717) is 12.2 Å². The second-order valence-electron chi connectivity index (χ2n) is 3.39. The van der Waals surface area contributed by atoms with E-state index in [1.807, 2.05) is 20.8 Å². The van der Waals surface area contributed by atoms with Gasteiger partial charge in [0.2, 0.25) is 0 Å². The summed E-state index contributed by atoms with van der Waals surface area (Å²) in [5.41, 5.74) is 0.811. The predicted molar refractivity (Wildman–Crippen MR) is 50.3 cm³/mol. The Balaban J connectivity index is 2.69. The standard InChI is InChI=1S/C10H14N2O/c1-7(2)10(13)6-9-4-5-11-8(3)12-9/h4-5,7H,6H2,1-3H3. The molecule has 0 bridgehead atoms. The zero-order valence-electron chi connectivity index (χ0n) is 8.24. The van der Waals surface area contributed by atoms with E-state index in [1.54, 1.807) is 12.3 Å². The average Bonchev–Trinajstić information content (AvgIpc) is 2.04. The van der Waals surface area contributed by atoms with Crippen molar-refractivity contribution < 1.29 is 4.79 Å². The van der Waals surface area contributed by atoms with Crippen LogP contribution in [-0.2, 0) is 11.2 Å². The van der Waals surface area contributed by atoms with E-state index in [2.05, 4.69) is 9.97 Å². The van der Waals surface area contributed by atoms with Crippen LogP contribution in [0, 0.1) is 12.8 Å². The maximum absolute atomic E-state index is 11.4. The molecule has 0 atom stereocenters. The SMILES string of the molecule is Cc1nccc(CC(=O)C(C)C)n1. The van der Waals surface area contributed by atoms with Crippen LogP contribution in [0.1, 0.15) is 25.4 Å². The molecule has 1 aromatic rings. The predicted octanol–water partition coefficient (Wildman–Crippen LogP) is 1.55. The summed E-state index contributed by atoms with van der Waals surface area (Å²) in [6.45, 7) is 5.62. The fourth-order valence-corrected chi connectivity index (χ4v) is 0.986. The maximum atomic E-state index is 11.4. The summed E-state index contributed by atoms with van der Waals surface area (Å²) in [7, 11) is 0. The highest BCUT2D eigenvalue weighted by atomic mass is 16.1. The summed E-state index contributed by atoms with van der Waals surface area (Å²) in [5, 5.41) is 0. The van der Waals surface area contributed by atoms with Gasteiger partial charge in [0, 0.05) is 18.5 Å². The first-order valence-corrected chi connectivity index (χ1v) is 4.41. The third kappa shape index (κ3) is 2.93. The minimum atomic E-state index is 0.0790. The van der Waals surface area contributed by atoms with Crippen molar-refractivity contribution in [2.45, 2.75) is 27.2 Å². The lowest BCUT2D eigenvalue weighted by molar-refractivity contribution is -0.121. The minimum absolute atomic E-state index is 0.0790. The summed E-state index contributed by atoms with van der Waals surface area (Å²) in [6, 6.07) is 1.78. The number of nitrogens with zero attached hydrogens (tertiary/aromatic N) is 2. The molecular formula is C10H14N2O. The number of Topliss-reactive ketones (excluding diaryl/α,β-unsaturated/α-hetero) is 1. The Morgan fingerprint density at radius 2 is 2.23 bits per heavy atom. The molecule has 0 saturated carbocycles. The first kappa shape index (κ1) is 9.84. The molecule has 13 heavy (non-hydrogen) atoms. The Morgan fingerprint density at radius 3 is 2.77 bits per heavy atom. The molecule has 1 aromatic heterocycles. The number of ketones is 1. The van der Waals surface area contributed by atoms with Crippen LogP contribution < -0.4 is 0 Å². The summed E-state index contributed by atoms with van der Waals surface area (Å²) >= 11 is 0. The smallest absolute Gasteiger partial charge is 0.141 e. The number of aryl methyl sites for hydroxylation is 1. The molecular weight excluding hydrogens is 164 g/mol. The summed E-state index contributed by atoms with van der Waals surface area (Å²) in [6.07, 6.45) is 2.10. The number of carbonyl (C=O) groups excluding carboxylic acids is 1. The highest BCUT2D eigenvalue weighted by Gasteiger charge is 2.08. The fraction of sp³-hybridized carbons (Fsp3) is 0.500. The molecule has 0 spiro atoms. The van der Waals surface area contributed by atoms with Crippen LogP contribution in [0.3, 0.4) is 0 Å². The molecule has 0 aliphatic rings. The van der Waals surface area contributed by atoms with Crippen LogP contribution in [0.15, 0.2) is 12.3 Å². The summed E-state index contributed by atoms with van der Waals surface area (Å²) in [5.74, 6) is 1.02. The van der Waals surface area contributed by atoms with Gasteiger partial charge in [0.25, 0.3) is 0 Å². The van der Waals surface area contributed by atoms with Crippen molar-refractivity contribution in [1.29, 1.82) is 0 Å². The van der Waals surface area contributed by atoms with Gasteiger partial charge in [-0.25, -0.2) is 9.97 Å². The van der Waals surface area contributed by atoms with Crippen LogP contribution in [-0.4, -0.2) is 15.8 Å². The number of carbonyl (C=O) groups is 1. The van der Waals surface area contributed by atoms with Crippen molar-refractivity contribution >= 4 is 5.78 Å². The van der Waals surface area contributed by atoms with Crippen molar-refractivity contribution in [1.82, 2.24) is 9.97 Å². The molecule has 70 valence electrons. The van der Waals surface area contributed by atoms with Crippen LogP contribution in [0.4, 0.5) is 0 Å². The fourth-order valence-electron chi connectivity index (χ4n) is 0.986. The largest absolute Gasteiger partial charge is 0.299 e. The van der Waals surface area contributed by atoms with Crippen molar-refractivity contribution in [3.8, 4) is 0 Å². The topological polar surface area (TPSA) is 42.9 Å². The van der Waals surface area contributed by atoms with Crippen molar-refractivity contribution in [2.24, 2.45) is 5.92 Å². The summed E-state index contributed by atoms with van der Waals surface area (Å²) < 4.78 is 0. The van der Waals surface area contributed by atoms with Gasteiger partial charge in [-0.1, -0.05) is 13.8 Å². The molecule has 0 aliphatic heterocycles. The van der Waals surface area contributed by atoms with Crippen molar-refractivity contribution in [3.63, 3.8) is 0 Å². The Bertz CT molecular complexity index is 308. The van der Waals surface area contributed by atoms with Crippen molar-refractivity contribution in [2.75, 3.05) is 0 Å². The van der Waals surface area contributed by atoms with Gasteiger partial charge >= 0.3 is 0 Å². The van der Waals surface area contributed by atoms with E-state index >= 15 is 0 Å². The lowest BCUT2D eigenvalue weighted by Crippen LogP contribution is -2.11. The first-order chi connectivity index (χ1) is 6.09. The third-order valence-corrected chi connectivity index (χ3v) is 1.83. The molecule has 1 rings (SSSR count). The minimum Gasteiger partial charge on any atom is -0.299 e. The van der Waals surface area contributed by atoms with Gasteiger partial charge < -0.3 is 0 Å². The number of hydrogen-bond donors (Lipinski definition) is 0. The Hall–Kier alpha value is -1.25. The van der Waals surface area contributed by atoms with Crippen LogP contribution >= 0.6 is 0 Å². The van der Waals surface area contributed by atoms with Crippen molar-refractivity contribution in [3.05, 3.63) is 23.8 Å². The zero-order valence-corrected chi connectivity index (χ0v) is 8.24. The maximum Gasteiger partial charge on any atom is 0.141 e. The quantitative estimate of drug-likeness (QED) is 0.705. The molecule has 0 aromatic carbocycles. The van der Waals surface area contributed by atoms with Crippen LogP contribution in [0.25, 0.3) is 0 Å². The normalized spacial score (nSPS) is 10.5. The summed E-state index contributed by atoms with van der Waals surface area (Å²) in [4.78, 5) is 19.5. The van der Waals surface area contributed by atoms with Gasteiger partial charge in [-0.05, 0) is 13.0 Å². The van der Waals surface area contributed by atoms with E-state index in [0.717, 1.165) is 5.69 Å². The molecule has 3 heteroatoms. The number of rotatable bonds is 3. The molecule has 0 fully saturated rings. The zero-order chi connectivity index (χ0) is 9.84. The Labute approximate surface area is 78.2 Å². The van der Waals surface area contributed by atoms with Gasteiger partial charge in [0.05, 0.1) is 5.69 Å². The second kappa shape index (κ2) is 4.12. The highest BCUT2D eigenvalue weighted by molar-refractivity contribution is 5.82. The van der Waals surface area contributed by atoms with Gasteiger partial charge in [-0.15, -0.1) is 0 Å². The van der Waals surface area contributed by atoms with E-state index in [1.165, 1.54) is 0 Å². The second-order valence-corrected chi connectivity index (χ2v) is 3.39. The molecule has 0 amide bonds. The lowest BCUT2D eigenvalue weighted by Gasteiger charge is -2.03. The lowest BCUT2D eigenvalue weighted by atomic mass is 10.0. The third-order valence-electron chi connectivity index (χ3n) is 1.83. The van der Waals surface area contributed by atoms with Gasteiger partial charge in [0.15, 0.2) is 0 Å². The Kier molecular flexibility index (Phi) is 3.12. The van der Waals surface area contributed by atoms with Gasteiger partial charge in [-0.2, -0.15) is 0 Å². The van der Waals surface area contributed by atoms with E-state index in [9.17, 15) is 4.79 Å². The molecule has 0 radical (unpaired) electrons.